The van der Waals surface area contributed by atoms with Crippen LogP contribution in [-0.4, -0.2) is 33.3 Å². The third kappa shape index (κ3) is 3.06. The number of nitrogens with zero attached hydrogens (tertiary/aromatic N) is 1. The molecule has 0 radical (unpaired) electrons. The first kappa shape index (κ1) is 16.7. The van der Waals surface area contributed by atoms with E-state index in [0.29, 0.717) is 11.1 Å². The molecule has 2 heterocycles. The van der Waals surface area contributed by atoms with E-state index in [9.17, 15) is 4.79 Å². The molecule has 4 rings (SSSR count). The van der Waals surface area contributed by atoms with E-state index in [4.69, 9.17) is 9.15 Å². The highest BCUT2D eigenvalue weighted by Gasteiger charge is 2.14. The van der Waals surface area contributed by atoms with Crippen molar-refractivity contribution in [3.63, 3.8) is 0 Å². The van der Waals surface area contributed by atoms with Crippen LogP contribution in [0, 0.1) is 6.92 Å². The second-order valence-corrected chi connectivity index (χ2v) is 6.59. The molecule has 1 aliphatic heterocycles. The second kappa shape index (κ2) is 6.84. The van der Waals surface area contributed by atoms with E-state index in [1.807, 2.05) is 43.3 Å². The lowest BCUT2D eigenvalue weighted by molar-refractivity contribution is 0.412. The molecule has 0 aliphatic carbocycles. The number of benzene rings is 2. The van der Waals surface area contributed by atoms with Gasteiger partial charge in [0.15, 0.2) is 0 Å². The minimum absolute atomic E-state index is 0.333. The molecule has 0 spiro atoms. The van der Waals surface area contributed by atoms with Gasteiger partial charge >= 0.3 is 5.63 Å². The SMILES string of the molecule is COc1cc(-c2cc3ccc(N4CCNCC4)cc3oc2=O)ccc1C. The number of ether oxygens (including phenoxy) is 1. The number of hydrogen-bond acceptors (Lipinski definition) is 5. The number of anilines is 1. The van der Waals surface area contributed by atoms with Crippen molar-refractivity contribution < 1.29 is 9.15 Å². The van der Waals surface area contributed by atoms with E-state index in [0.717, 1.165) is 54.1 Å². The zero-order valence-corrected chi connectivity index (χ0v) is 15.0. The summed E-state index contributed by atoms with van der Waals surface area (Å²) in [4.78, 5) is 14.9. The quantitative estimate of drug-likeness (QED) is 0.735. The van der Waals surface area contributed by atoms with Crippen LogP contribution in [0.3, 0.4) is 0 Å². The normalized spacial score (nSPS) is 14.6. The molecule has 0 saturated carbocycles. The maximum absolute atomic E-state index is 12.6. The molecule has 0 amide bonds. The predicted octanol–water partition coefficient (Wildman–Crippen LogP) is 3.19. The summed E-state index contributed by atoms with van der Waals surface area (Å²) in [6, 6.07) is 13.7. The van der Waals surface area contributed by atoms with Crippen molar-refractivity contribution >= 4 is 16.7 Å². The fraction of sp³-hybridized carbons (Fsp3) is 0.286. The zero-order valence-electron chi connectivity index (χ0n) is 15.0. The van der Waals surface area contributed by atoms with E-state index in [1.54, 1.807) is 7.11 Å². The minimum atomic E-state index is -0.333. The summed E-state index contributed by atoms with van der Waals surface area (Å²) in [7, 11) is 1.63. The highest BCUT2D eigenvalue weighted by Crippen LogP contribution is 2.28. The average molecular weight is 350 g/mol. The van der Waals surface area contributed by atoms with E-state index in [2.05, 4.69) is 16.3 Å². The minimum Gasteiger partial charge on any atom is -0.496 e. The molecule has 5 nitrogen and oxygen atoms in total. The number of nitrogens with one attached hydrogen (secondary N) is 1. The molecule has 1 aromatic heterocycles. The Kier molecular flexibility index (Phi) is 4.39. The van der Waals surface area contributed by atoms with Crippen LogP contribution in [0.2, 0.25) is 0 Å². The molecular formula is C21H22N2O3. The van der Waals surface area contributed by atoms with E-state index in [-0.39, 0.29) is 5.63 Å². The maximum Gasteiger partial charge on any atom is 0.344 e. The van der Waals surface area contributed by atoms with Gasteiger partial charge in [0.1, 0.15) is 11.3 Å². The predicted molar refractivity (Wildman–Crippen MR) is 104 cm³/mol. The van der Waals surface area contributed by atoms with Gasteiger partial charge in [-0.2, -0.15) is 0 Å². The number of fused-ring (bicyclic) bond motifs is 1. The summed E-state index contributed by atoms with van der Waals surface area (Å²) < 4.78 is 11.0. The number of rotatable bonds is 3. The van der Waals surface area contributed by atoms with Crippen LogP contribution in [0.15, 0.2) is 51.7 Å². The number of piperazine rings is 1. The fourth-order valence-electron chi connectivity index (χ4n) is 3.41. The lowest BCUT2D eigenvalue weighted by Crippen LogP contribution is -2.43. The van der Waals surface area contributed by atoms with Crippen molar-refractivity contribution in [2.75, 3.05) is 38.2 Å². The average Bonchev–Trinajstić information content (AvgIpc) is 2.68. The fourth-order valence-corrected chi connectivity index (χ4v) is 3.41. The van der Waals surface area contributed by atoms with Crippen molar-refractivity contribution in [3.8, 4) is 16.9 Å². The molecule has 134 valence electrons. The Bertz CT molecular complexity index is 1000. The Morgan fingerprint density at radius 2 is 1.88 bits per heavy atom. The van der Waals surface area contributed by atoms with Crippen LogP contribution in [0.1, 0.15) is 5.56 Å². The Morgan fingerprint density at radius 1 is 1.08 bits per heavy atom. The van der Waals surface area contributed by atoms with Crippen LogP contribution in [0.25, 0.3) is 22.1 Å². The summed E-state index contributed by atoms with van der Waals surface area (Å²) in [6.07, 6.45) is 0. The second-order valence-electron chi connectivity index (χ2n) is 6.59. The van der Waals surface area contributed by atoms with Gasteiger partial charge in [0.2, 0.25) is 0 Å². The zero-order chi connectivity index (χ0) is 18.1. The largest absolute Gasteiger partial charge is 0.496 e. The van der Waals surface area contributed by atoms with E-state index >= 15 is 0 Å². The lowest BCUT2D eigenvalue weighted by atomic mass is 10.0. The van der Waals surface area contributed by atoms with Gasteiger partial charge in [-0.3, -0.25) is 0 Å². The highest BCUT2D eigenvalue weighted by atomic mass is 16.5. The Labute approximate surface area is 152 Å². The van der Waals surface area contributed by atoms with Crippen molar-refractivity contribution in [2.24, 2.45) is 0 Å². The Balaban J connectivity index is 1.76. The topological polar surface area (TPSA) is 54.7 Å². The molecule has 5 heteroatoms. The summed E-state index contributed by atoms with van der Waals surface area (Å²) in [5.41, 5.74) is 3.75. The van der Waals surface area contributed by atoms with Gasteiger partial charge in [-0.1, -0.05) is 12.1 Å². The molecule has 26 heavy (non-hydrogen) atoms. The molecule has 1 N–H and O–H groups in total. The lowest BCUT2D eigenvalue weighted by Gasteiger charge is -2.29. The van der Waals surface area contributed by atoms with Gasteiger partial charge in [-0.25, -0.2) is 4.79 Å². The first-order valence-corrected chi connectivity index (χ1v) is 8.84. The van der Waals surface area contributed by atoms with Crippen molar-refractivity contribution in [1.29, 1.82) is 0 Å². The van der Waals surface area contributed by atoms with Gasteiger partial charge in [-0.15, -0.1) is 0 Å². The molecule has 0 unspecified atom stereocenters. The highest BCUT2D eigenvalue weighted by molar-refractivity contribution is 5.84. The van der Waals surface area contributed by atoms with Gasteiger partial charge in [0.05, 0.1) is 12.7 Å². The van der Waals surface area contributed by atoms with E-state index in [1.165, 1.54) is 0 Å². The molecule has 0 bridgehead atoms. The smallest absolute Gasteiger partial charge is 0.344 e. The number of aryl methyl sites for hydroxylation is 1. The molecule has 1 saturated heterocycles. The summed E-state index contributed by atoms with van der Waals surface area (Å²) in [5, 5.41) is 4.26. The first-order chi connectivity index (χ1) is 12.7. The Morgan fingerprint density at radius 3 is 2.65 bits per heavy atom. The monoisotopic (exact) mass is 350 g/mol. The standard InChI is InChI=1S/C21H22N2O3/c1-14-3-4-15(12-19(14)25-2)18-11-16-5-6-17(13-20(16)26-21(18)24)23-9-7-22-8-10-23/h3-6,11-13,22H,7-10H2,1-2H3. The van der Waals surface area contributed by atoms with Crippen molar-refractivity contribution in [2.45, 2.75) is 6.92 Å². The van der Waals surface area contributed by atoms with Crippen molar-refractivity contribution in [3.05, 3.63) is 58.4 Å². The van der Waals surface area contributed by atoms with Gasteiger partial charge in [0.25, 0.3) is 0 Å². The van der Waals surface area contributed by atoms with Gasteiger partial charge in [-0.05, 0) is 42.3 Å². The van der Waals surface area contributed by atoms with Crippen LogP contribution >= 0.6 is 0 Å². The summed E-state index contributed by atoms with van der Waals surface area (Å²) >= 11 is 0. The third-order valence-electron chi connectivity index (χ3n) is 4.92. The van der Waals surface area contributed by atoms with Crippen LogP contribution in [0.4, 0.5) is 5.69 Å². The number of methoxy groups -OCH3 is 1. The van der Waals surface area contributed by atoms with Crippen LogP contribution in [0.5, 0.6) is 5.75 Å². The first-order valence-electron chi connectivity index (χ1n) is 8.84. The van der Waals surface area contributed by atoms with Crippen LogP contribution in [-0.2, 0) is 0 Å². The molecule has 0 atom stereocenters. The van der Waals surface area contributed by atoms with Gasteiger partial charge < -0.3 is 19.4 Å². The molecule has 3 aromatic rings. The molecular weight excluding hydrogens is 328 g/mol. The number of hydrogen-bond donors (Lipinski definition) is 1. The maximum atomic E-state index is 12.6. The van der Waals surface area contributed by atoms with Crippen molar-refractivity contribution in [1.82, 2.24) is 5.32 Å². The molecule has 1 fully saturated rings. The van der Waals surface area contributed by atoms with E-state index < -0.39 is 0 Å². The van der Waals surface area contributed by atoms with Gasteiger partial charge in [0, 0.05) is 43.3 Å². The van der Waals surface area contributed by atoms with Crippen LogP contribution < -0.4 is 20.6 Å². The summed E-state index contributed by atoms with van der Waals surface area (Å²) in [6.45, 7) is 5.82. The summed E-state index contributed by atoms with van der Waals surface area (Å²) in [5.74, 6) is 0.760. The Hall–Kier alpha value is -2.79. The molecule has 2 aromatic carbocycles. The molecule has 1 aliphatic rings. The third-order valence-corrected chi connectivity index (χ3v) is 4.92.